The number of hydrogen-bond acceptors (Lipinski definition) is 0. The maximum atomic E-state index is 2.32. The van der Waals surface area contributed by atoms with Gasteiger partial charge in [-0.3, -0.25) is 0 Å². The van der Waals surface area contributed by atoms with E-state index in [4.69, 9.17) is 0 Å². The van der Waals surface area contributed by atoms with Crippen LogP contribution in [-0.4, -0.2) is 0 Å². The van der Waals surface area contributed by atoms with Gasteiger partial charge in [-0.15, -0.1) is 0 Å². The Balaban J connectivity index is 2.16. The second-order valence-corrected chi connectivity index (χ2v) is 4.62. The summed E-state index contributed by atoms with van der Waals surface area (Å²) in [5, 5.41) is 0. The lowest BCUT2D eigenvalue weighted by Gasteiger charge is -2.00. The predicted octanol–water partition coefficient (Wildman–Crippen LogP) is 5.40. The van der Waals surface area contributed by atoms with E-state index in [1.165, 1.54) is 70.6 Å². The molecule has 0 heteroatoms. The first-order chi connectivity index (χ1) is 7.50. The number of rotatable bonds is 0. The third kappa shape index (κ3) is 8.47. The van der Waals surface area contributed by atoms with Crippen molar-refractivity contribution in [2.24, 2.45) is 0 Å². The largest absolute Gasteiger partial charge is 0.0845 e. The minimum absolute atomic E-state index is 1.27. The molecule has 0 unspecified atom stereocenters. The van der Waals surface area contributed by atoms with Gasteiger partial charge >= 0.3 is 0 Å². The Bertz CT molecular complexity index is 156. The van der Waals surface area contributed by atoms with Gasteiger partial charge in [0.2, 0.25) is 0 Å². The molecule has 0 N–H and O–H groups in total. The second kappa shape index (κ2) is 10.0. The van der Waals surface area contributed by atoms with Crippen molar-refractivity contribution in [3.63, 3.8) is 0 Å². The Kier molecular flexibility index (Phi) is 8.38. The van der Waals surface area contributed by atoms with Crippen LogP contribution in [0.1, 0.15) is 70.6 Å². The SMILES string of the molecule is C1=C\CCCCCCCCCCC/C=C/1. The zero-order valence-corrected chi connectivity index (χ0v) is 10.1. The van der Waals surface area contributed by atoms with Gasteiger partial charge in [0.05, 0.1) is 0 Å². The summed E-state index contributed by atoms with van der Waals surface area (Å²) in [6.07, 6.45) is 24.5. The van der Waals surface area contributed by atoms with Gasteiger partial charge in [0.15, 0.2) is 0 Å². The van der Waals surface area contributed by atoms with Gasteiger partial charge in [-0.05, 0) is 25.7 Å². The van der Waals surface area contributed by atoms with Crippen LogP contribution in [0.5, 0.6) is 0 Å². The van der Waals surface area contributed by atoms with E-state index in [0.717, 1.165) is 0 Å². The summed E-state index contributed by atoms with van der Waals surface area (Å²) in [5.41, 5.74) is 0. The molecule has 0 saturated carbocycles. The lowest BCUT2D eigenvalue weighted by Crippen LogP contribution is -1.81. The van der Waals surface area contributed by atoms with Crippen LogP contribution in [0.15, 0.2) is 24.3 Å². The molecule has 0 aromatic rings. The topological polar surface area (TPSA) is 0 Å². The number of hydrogen-bond donors (Lipinski definition) is 0. The Labute approximate surface area is 95.5 Å². The molecule has 1 aliphatic carbocycles. The highest BCUT2D eigenvalue weighted by atomic mass is 14.0. The zero-order chi connectivity index (χ0) is 10.6. The standard InChI is InChI=1S/C15H26/c1-2-4-6-8-10-12-14-15-13-11-9-7-5-3-1/h1-4H,5-15H2/b3-1-,4-2+. The van der Waals surface area contributed by atoms with E-state index in [1.54, 1.807) is 0 Å². The summed E-state index contributed by atoms with van der Waals surface area (Å²) in [7, 11) is 0. The van der Waals surface area contributed by atoms with Crippen molar-refractivity contribution in [1.82, 2.24) is 0 Å². The average molecular weight is 206 g/mol. The fourth-order valence-corrected chi connectivity index (χ4v) is 2.11. The first-order valence-electron chi connectivity index (χ1n) is 6.82. The van der Waals surface area contributed by atoms with Crippen LogP contribution in [0.2, 0.25) is 0 Å². The van der Waals surface area contributed by atoms with E-state index in [-0.39, 0.29) is 0 Å². The van der Waals surface area contributed by atoms with Crippen LogP contribution in [0.25, 0.3) is 0 Å². The highest BCUT2D eigenvalue weighted by Gasteiger charge is 1.92. The van der Waals surface area contributed by atoms with E-state index < -0.39 is 0 Å². The summed E-state index contributed by atoms with van der Waals surface area (Å²) in [6, 6.07) is 0. The highest BCUT2D eigenvalue weighted by molar-refractivity contribution is 5.02. The van der Waals surface area contributed by atoms with Crippen molar-refractivity contribution >= 4 is 0 Å². The van der Waals surface area contributed by atoms with Gasteiger partial charge in [-0.25, -0.2) is 0 Å². The molecule has 0 aliphatic heterocycles. The van der Waals surface area contributed by atoms with Crippen molar-refractivity contribution in [3.8, 4) is 0 Å². The maximum Gasteiger partial charge on any atom is -0.0348 e. The van der Waals surface area contributed by atoms with Gasteiger partial charge in [0.25, 0.3) is 0 Å². The lowest BCUT2D eigenvalue weighted by atomic mass is 10.1. The molecule has 0 fully saturated rings. The molecular weight excluding hydrogens is 180 g/mol. The zero-order valence-electron chi connectivity index (χ0n) is 10.1. The third-order valence-electron chi connectivity index (χ3n) is 3.12. The van der Waals surface area contributed by atoms with Crippen molar-refractivity contribution in [2.75, 3.05) is 0 Å². The highest BCUT2D eigenvalue weighted by Crippen LogP contribution is 2.12. The minimum atomic E-state index is 1.27. The Morgan fingerprint density at radius 1 is 0.400 bits per heavy atom. The molecule has 0 nitrogen and oxygen atoms in total. The summed E-state index contributed by atoms with van der Waals surface area (Å²) in [4.78, 5) is 0. The Hall–Kier alpha value is -0.520. The molecule has 0 amide bonds. The molecule has 15 heavy (non-hydrogen) atoms. The first-order valence-corrected chi connectivity index (χ1v) is 6.82. The van der Waals surface area contributed by atoms with Gasteiger partial charge in [0, 0.05) is 0 Å². The summed E-state index contributed by atoms with van der Waals surface area (Å²) >= 11 is 0. The van der Waals surface area contributed by atoms with E-state index in [9.17, 15) is 0 Å². The molecule has 0 atom stereocenters. The van der Waals surface area contributed by atoms with Gasteiger partial charge in [0.1, 0.15) is 0 Å². The Morgan fingerprint density at radius 2 is 0.733 bits per heavy atom. The molecule has 0 radical (unpaired) electrons. The van der Waals surface area contributed by atoms with E-state index >= 15 is 0 Å². The van der Waals surface area contributed by atoms with E-state index in [2.05, 4.69) is 24.3 Å². The smallest absolute Gasteiger partial charge is 0.0348 e. The van der Waals surface area contributed by atoms with Crippen LogP contribution in [0.3, 0.4) is 0 Å². The fourth-order valence-electron chi connectivity index (χ4n) is 2.11. The fraction of sp³-hybridized carbons (Fsp3) is 0.733. The molecule has 1 rings (SSSR count). The van der Waals surface area contributed by atoms with Crippen molar-refractivity contribution in [3.05, 3.63) is 24.3 Å². The predicted molar refractivity (Wildman–Crippen MR) is 69.1 cm³/mol. The van der Waals surface area contributed by atoms with Crippen molar-refractivity contribution in [2.45, 2.75) is 70.6 Å². The molecular formula is C15H26. The van der Waals surface area contributed by atoms with Crippen LogP contribution < -0.4 is 0 Å². The Morgan fingerprint density at radius 3 is 1.13 bits per heavy atom. The van der Waals surface area contributed by atoms with Crippen LogP contribution >= 0.6 is 0 Å². The normalized spacial score (nSPS) is 26.1. The third-order valence-corrected chi connectivity index (χ3v) is 3.12. The van der Waals surface area contributed by atoms with E-state index in [0.29, 0.717) is 0 Å². The molecule has 0 aromatic heterocycles. The summed E-state index contributed by atoms with van der Waals surface area (Å²) < 4.78 is 0. The molecule has 86 valence electrons. The van der Waals surface area contributed by atoms with Gasteiger partial charge < -0.3 is 0 Å². The molecule has 1 aliphatic rings. The maximum absolute atomic E-state index is 2.32. The average Bonchev–Trinajstić information content (AvgIpc) is 2.27. The van der Waals surface area contributed by atoms with E-state index in [1.807, 2.05) is 0 Å². The summed E-state index contributed by atoms with van der Waals surface area (Å²) in [5.74, 6) is 0. The molecule has 0 spiro atoms. The molecule has 0 aromatic carbocycles. The molecule has 0 saturated heterocycles. The first kappa shape index (κ1) is 12.5. The van der Waals surface area contributed by atoms with Crippen LogP contribution in [0, 0.1) is 0 Å². The quantitative estimate of drug-likeness (QED) is 0.497. The van der Waals surface area contributed by atoms with Gasteiger partial charge in [-0.1, -0.05) is 69.2 Å². The molecule has 0 bridgehead atoms. The van der Waals surface area contributed by atoms with Crippen LogP contribution in [-0.2, 0) is 0 Å². The van der Waals surface area contributed by atoms with Crippen molar-refractivity contribution in [1.29, 1.82) is 0 Å². The monoisotopic (exact) mass is 206 g/mol. The van der Waals surface area contributed by atoms with Crippen molar-refractivity contribution < 1.29 is 0 Å². The molecule has 0 heterocycles. The van der Waals surface area contributed by atoms with Gasteiger partial charge in [-0.2, -0.15) is 0 Å². The minimum Gasteiger partial charge on any atom is -0.0845 e. The summed E-state index contributed by atoms with van der Waals surface area (Å²) in [6.45, 7) is 0. The van der Waals surface area contributed by atoms with Crippen LogP contribution in [0.4, 0.5) is 0 Å². The number of allylic oxidation sites excluding steroid dienone is 4. The lowest BCUT2D eigenvalue weighted by molar-refractivity contribution is 0.562. The second-order valence-electron chi connectivity index (χ2n) is 4.62.